The van der Waals surface area contributed by atoms with Gasteiger partial charge in [-0.15, -0.1) is 0 Å². The Hall–Kier alpha value is -0.430. The normalized spacial score (nSPS) is 20.8. The Bertz CT molecular complexity index is 589. The first-order valence-electron chi connectivity index (χ1n) is 6.71. The Morgan fingerprint density at radius 3 is 2.70 bits per heavy atom. The van der Waals surface area contributed by atoms with Crippen molar-refractivity contribution in [1.29, 1.82) is 0 Å². The lowest BCUT2D eigenvalue weighted by atomic mass is 10.1. The van der Waals surface area contributed by atoms with Crippen molar-refractivity contribution in [2.45, 2.75) is 18.2 Å². The number of hydrogen-bond donors (Lipinski definition) is 0. The topological polar surface area (TPSA) is 40.6 Å². The van der Waals surface area contributed by atoms with Crippen LogP contribution in [0.4, 0.5) is 0 Å². The molecular formula is C14H21BrN2O2S. The fraction of sp³-hybridized carbons (Fsp3) is 0.571. The molecule has 1 aliphatic heterocycles. The first-order valence-corrected chi connectivity index (χ1v) is 8.95. The summed E-state index contributed by atoms with van der Waals surface area (Å²) in [6.07, 6.45) is 1.06. The molecular weight excluding hydrogens is 340 g/mol. The molecule has 4 nitrogen and oxygen atoms in total. The van der Waals surface area contributed by atoms with Gasteiger partial charge < -0.3 is 4.90 Å². The van der Waals surface area contributed by atoms with Gasteiger partial charge in [0.15, 0.2) is 0 Å². The van der Waals surface area contributed by atoms with E-state index in [4.69, 9.17) is 0 Å². The van der Waals surface area contributed by atoms with Gasteiger partial charge in [-0.05, 0) is 66.5 Å². The molecule has 1 unspecified atom stereocenters. The minimum Gasteiger partial charge on any atom is -0.306 e. The molecule has 112 valence electrons. The number of rotatable bonds is 4. The summed E-state index contributed by atoms with van der Waals surface area (Å²) in [5.74, 6) is 0.420. The zero-order valence-corrected chi connectivity index (χ0v) is 14.5. The van der Waals surface area contributed by atoms with Crippen LogP contribution in [-0.4, -0.2) is 51.4 Å². The van der Waals surface area contributed by atoms with Crippen LogP contribution in [0.5, 0.6) is 0 Å². The first-order chi connectivity index (χ1) is 9.30. The molecule has 0 aromatic heterocycles. The van der Waals surface area contributed by atoms with E-state index in [1.807, 2.05) is 19.1 Å². The maximum Gasteiger partial charge on any atom is 0.243 e. The molecule has 1 atom stereocenters. The van der Waals surface area contributed by atoms with Gasteiger partial charge in [-0.1, -0.05) is 6.07 Å². The summed E-state index contributed by atoms with van der Waals surface area (Å²) in [5.41, 5.74) is 1.04. The van der Waals surface area contributed by atoms with Crippen molar-refractivity contribution in [2.75, 3.05) is 33.7 Å². The van der Waals surface area contributed by atoms with Crippen LogP contribution in [0.2, 0.25) is 0 Å². The standard InChI is InChI=1S/C14H21BrN2O2S/c1-11-4-5-14(13(15)8-11)20(18,19)17(3)10-12-6-7-16(2)9-12/h4-5,8,12H,6-7,9-10H2,1-3H3. The number of halogens is 1. The highest BCUT2D eigenvalue weighted by Gasteiger charge is 2.28. The maximum atomic E-state index is 12.6. The summed E-state index contributed by atoms with van der Waals surface area (Å²) in [7, 11) is 0.318. The van der Waals surface area contributed by atoms with Crippen molar-refractivity contribution >= 4 is 26.0 Å². The Morgan fingerprint density at radius 1 is 1.45 bits per heavy atom. The molecule has 1 aromatic carbocycles. The third-order valence-electron chi connectivity index (χ3n) is 3.78. The SMILES string of the molecule is Cc1ccc(S(=O)(=O)N(C)CC2CCN(C)C2)c(Br)c1. The summed E-state index contributed by atoms with van der Waals surface area (Å²) in [6, 6.07) is 5.34. The monoisotopic (exact) mass is 360 g/mol. The molecule has 6 heteroatoms. The molecule has 0 bridgehead atoms. The van der Waals surface area contributed by atoms with Crippen LogP contribution in [0.25, 0.3) is 0 Å². The van der Waals surface area contributed by atoms with Crippen molar-refractivity contribution in [3.8, 4) is 0 Å². The molecule has 0 aliphatic carbocycles. The lowest BCUT2D eigenvalue weighted by Gasteiger charge is -2.21. The van der Waals surface area contributed by atoms with Crippen LogP contribution in [-0.2, 0) is 10.0 Å². The molecule has 0 saturated carbocycles. The molecule has 0 radical (unpaired) electrons. The molecule has 1 heterocycles. The summed E-state index contributed by atoms with van der Waals surface area (Å²) >= 11 is 3.36. The van der Waals surface area contributed by atoms with Crippen LogP contribution in [0.15, 0.2) is 27.6 Å². The van der Waals surface area contributed by atoms with Crippen molar-refractivity contribution in [1.82, 2.24) is 9.21 Å². The van der Waals surface area contributed by atoms with E-state index in [1.54, 1.807) is 13.1 Å². The zero-order valence-electron chi connectivity index (χ0n) is 12.1. The average molecular weight is 361 g/mol. The highest BCUT2D eigenvalue weighted by atomic mass is 79.9. The van der Waals surface area contributed by atoms with Gasteiger partial charge in [0.2, 0.25) is 10.0 Å². The molecule has 1 aromatic rings. The van der Waals surface area contributed by atoms with Crippen LogP contribution in [0.1, 0.15) is 12.0 Å². The first kappa shape index (κ1) is 15.9. The van der Waals surface area contributed by atoms with Crippen LogP contribution < -0.4 is 0 Å². The number of likely N-dealkylation sites (tertiary alicyclic amines) is 1. The van der Waals surface area contributed by atoms with Crippen molar-refractivity contribution in [3.05, 3.63) is 28.2 Å². The van der Waals surface area contributed by atoms with E-state index in [0.717, 1.165) is 25.1 Å². The molecule has 1 fully saturated rings. The third-order valence-corrected chi connectivity index (χ3v) is 6.58. The molecule has 1 saturated heterocycles. The molecule has 0 spiro atoms. The quantitative estimate of drug-likeness (QED) is 0.827. The summed E-state index contributed by atoms with van der Waals surface area (Å²) in [5, 5.41) is 0. The van der Waals surface area contributed by atoms with E-state index in [-0.39, 0.29) is 0 Å². The number of sulfonamides is 1. The van der Waals surface area contributed by atoms with Crippen molar-refractivity contribution in [2.24, 2.45) is 5.92 Å². The van der Waals surface area contributed by atoms with E-state index in [9.17, 15) is 8.42 Å². The molecule has 20 heavy (non-hydrogen) atoms. The second kappa shape index (κ2) is 6.13. The molecule has 2 rings (SSSR count). The third kappa shape index (κ3) is 3.42. The molecule has 0 amide bonds. The van der Waals surface area contributed by atoms with Gasteiger partial charge in [0.25, 0.3) is 0 Å². The van der Waals surface area contributed by atoms with Gasteiger partial charge in [0.05, 0.1) is 4.90 Å². The predicted octanol–water partition coefficient (Wildman–Crippen LogP) is 2.33. The zero-order chi connectivity index (χ0) is 14.9. The fourth-order valence-electron chi connectivity index (χ4n) is 2.62. The van der Waals surface area contributed by atoms with Gasteiger partial charge in [-0.2, -0.15) is 0 Å². The lowest BCUT2D eigenvalue weighted by Crippen LogP contribution is -2.33. The maximum absolute atomic E-state index is 12.6. The van der Waals surface area contributed by atoms with Crippen molar-refractivity contribution < 1.29 is 8.42 Å². The van der Waals surface area contributed by atoms with E-state index in [1.165, 1.54) is 4.31 Å². The average Bonchev–Trinajstić information content (AvgIpc) is 2.74. The Balaban J connectivity index is 2.17. The van der Waals surface area contributed by atoms with Crippen molar-refractivity contribution in [3.63, 3.8) is 0 Å². The largest absolute Gasteiger partial charge is 0.306 e. The van der Waals surface area contributed by atoms with Crippen LogP contribution in [0, 0.1) is 12.8 Å². The Kier molecular flexibility index (Phi) is 4.89. The fourth-order valence-corrected chi connectivity index (χ4v) is 5.02. The van der Waals surface area contributed by atoms with Gasteiger partial charge in [0.1, 0.15) is 0 Å². The highest BCUT2D eigenvalue weighted by molar-refractivity contribution is 9.10. The predicted molar refractivity (Wildman–Crippen MR) is 84.3 cm³/mol. The second-order valence-electron chi connectivity index (χ2n) is 5.64. The molecule has 1 aliphatic rings. The summed E-state index contributed by atoms with van der Waals surface area (Å²) < 4.78 is 27.3. The Labute approximate surface area is 129 Å². The van der Waals surface area contributed by atoms with Gasteiger partial charge in [-0.3, -0.25) is 0 Å². The summed E-state index contributed by atoms with van der Waals surface area (Å²) in [4.78, 5) is 2.59. The number of hydrogen-bond acceptors (Lipinski definition) is 3. The number of nitrogens with zero attached hydrogens (tertiary/aromatic N) is 2. The number of benzene rings is 1. The minimum absolute atomic E-state index is 0.344. The molecule has 0 N–H and O–H groups in total. The van der Waals surface area contributed by atoms with Gasteiger partial charge in [-0.25, -0.2) is 12.7 Å². The van der Waals surface area contributed by atoms with E-state index in [0.29, 0.717) is 21.8 Å². The summed E-state index contributed by atoms with van der Waals surface area (Å²) in [6.45, 7) is 4.54. The smallest absolute Gasteiger partial charge is 0.243 e. The van der Waals surface area contributed by atoms with Crippen LogP contribution in [0.3, 0.4) is 0 Å². The minimum atomic E-state index is -3.42. The van der Waals surface area contributed by atoms with E-state index in [2.05, 4.69) is 27.9 Å². The van der Waals surface area contributed by atoms with Crippen LogP contribution >= 0.6 is 15.9 Å². The van der Waals surface area contributed by atoms with E-state index >= 15 is 0 Å². The van der Waals surface area contributed by atoms with Gasteiger partial charge in [0, 0.05) is 24.6 Å². The number of aryl methyl sites for hydroxylation is 1. The Morgan fingerprint density at radius 2 is 2.15 bits per heavy atom. The lowest BCUT2D eigenvalue weighted by molar-refractivity contribution is 0.356. The van der Waals surface area contributed by atoms with Gasteiger partial charge >= 0.3 is 0 Å². The highest BCUT2D eigenvalue weighted by Crippen LogP contribution is 2.26. The van der Waals surface area contributed by atoms with E-state index < -0.39 is 10.0 Å². The second-order valence-corrected chi connectivity index (χ2v) is 8.50.